The van der Waals surface area contributed by atoms with Crippen LogP contribution in [0.25, 0.3) is 33.3 Å². The minimum Gasteiger partial charge on any atom is -0.491 e. The number of hydrogen-bond acceptors (Lipinski definition) is 6. The fourth-order valence-electron chi connectivity index (χ4n) is 4.33. The Balaban J connectivity index is 1.90. The van der Waals surface area contributed by atoms with Gasteiger partial charge in [-0.2, -0.15) is 0 Å². The van der Waals surface area contributed by atoms with Crippen LogP contribution in [0.15, 0.2) is 53.7 Å². The molecule has 0 saturated carbocycles. The number of nitrogens with zero attached hydrogens (tertiary/aromatic N) is 4. The highest BCUT2D eigenvalue weighted by atomic mass is 32.2. The van der Waals surface area contributed by atoms with E-state index in [1.54, 1.807) is 37.6 Å². The Labute approximate surface area is 203 Å². The average Bonchev–Trinajstić information content (AvgIpc) is 3.39. The Morgan fingerprint density at radius 3 is 2.34 bits per heavy atom. The van der Waals surface area contributed by atoms with Crippen LogP contribution in [-0.2, 0) is 17.1 Å². The number of ether oxygens (including phenoxy) is 2. The SMILES string of the molecule is COc1cc2c(nc1OC)c(-c1cc3c(C)c(C)cnc3n1S(=O)(=O)c1ccc(C)cc1)cn2C. The highest BCUT2D eigenvalue weighted by Gasteiger charge is 2.28. The van der Waals surface area contributed by atoms with E-state index in [1.165, 1.54) is 11.1 Å². The first kappa shape index (κ1) is 22.9. The van der Waals surface area contributed by atoms with E-state index < -0.39 is 10.0 Å². The smallest absolute Gasteiger partial charge is 0.269 e. The van der Waals surface area contributed by atoms with E-state index in [0.29, 0.717) is 34.1 Å². The van der Waals surface area contributed by atoms with Crippen LogP contribution in [0.4, 0.5) is 0 Å². The van der Waals surface area contributed by atoms with E-state index in [9.17, 15) is 8.42 Å². The number of fused-ring (bicyclic) bond motifs is 2. The Morgan fingerprint density at radius 1 is 0.971 bits per heavy atom. The van der Waals surface area contributed by atoms with Crippen LogP contribution < -0.4 is 9.47 Å². The minimum atomic E-state index is -3.97. The van der Waals surface area contributed by atoms with Gasteiger partial charge >= 0.3 is 0 Å². The maximum absolute atomic E-state index is 14.0. The van der Waals surface area contributed by atoms with Crippen LogP contribution in [0, 0.1) is 20.8 Å². The van der Waals surface area contributed by atoms with Crippen LogP contribution in [-0.4, -0.2) is 41.1 Å². The van der Waals surface area contributed by atoms with Crippen molar-refractivity contribution in [2.24, 2.45) is 7.05 Å². The quantitative estimate of drug-likeness (QED) is 0.353. The highest BCUT2D eigenvalue weighted by molar-refractivity contribution is 7.90. The Hall–Kier alpha value is -3.85. The van der Waals surface area contributed by atoms with Crippen LogP contribution in [0.3, 0.4) is 0 Å². The van der Waals surface area contributed by atoms with E-state index in [1.807, 2.05) is 50.7 Å². The summed E-state index contributed by atoms with van der Waals surface area (Å²) < 4.78 is 42.1. The number of methoxy groups -OCH3 is 2. The lowest BCUT2D eigenvalue weighted by atomic mass is 10.1. The molecule has 0 unspecified atom stereocenters. The molecule has 8 nitrogen and oxygen atoms in total. The van der Waals surface area contributed by atoms with Crippen molar-refractivity contribution in [1.82, 2.24) is 18.5 Å². The third-order valence-electron chi connectivity index (χ3n) is 6.45. The van der Waals surface area contributed by atoms with E-state index in [0.717, 1.165) is 27.6 Å². The first-order chi connectivity index (χ1) is 16.7. The summed E-state index contributed by atoms with van der Waals surface area (Å²) in [7, 11) is 0.985. The largest absolute Gasteiger partial charge is 0.491 e. The number of rotatable bonds is 5. The molecule has 0 aliphatic carbocycles. The second-order valence-corrected chi connectivity index (χ2v) is 10.4. The normalized spacial score (nSPS) is 11.9. The van der Waals surface area contributed by atoms with Crippen molar-refractivity contribution in [2.45, 2.75) is 25.7 Å². The molecule has 0 aliphatic rings. The maximum Gasteiger partial charge on any atom is 0.269 e. The lowest BCUT2D eigenvalue weighted by Crippen LogP contribution is -2.15. The number of aryl methyl sites for hydroxylation is 4. The molecule has 35 heavy (non-hydrogen) atoms. The average molecular weight is 491 g/mol. The number of aromatic nitrogens is 4. The third kappa shape index (κ3) is 3.46. The molecule has 0 aliphatic heterocycles. The molecule has 0 atom stereocenters. The molecule has 5 aromatic rings. The van der Waals surface area contributed by atoms with Gasteiger partial charge in [0.25, 0.3) is 15.9 Å². The molecule has 0 N–H and O–H groups in total. The van der Waals surface area contributed by atoms with Gasteiger partial charge in [0.1, 0.15) is 5.52 Å². The van der Waals surface area contributed by atoms with Crippen molar-refractivity contribution in [3.05, 3.63) is 65.5 Å². The first-order valence-electron chi connectivity index (χ1n) is 11.1. The van der Waals surface area contributed by atoms with Crippen LogP contribution in [0.1, 0.15) is 16.7 Å². The Morgan fingerprint density at radius 2 is 1.69 bits per heavy atom. The molecule has 0 radical (unpaired) electrons. The summed E-state index contributed by atoms with van der Waals surface area (Å²) in [5.41, 5.74) is 5.82. The Kier molecular flexibility index (Phi) is 5.32. The summed E-state index contributed by atoms with van der Waals surface area (Å²) in [6.45, 7) is 5.86. The molecule has 0 fully saturated rings. The van der Waals surface area contributed by atoms with Gasteiger partial charge in [0.05, 0.1) is 30.3 Å². The van der Waals surface area contributed by atoms with Gasteiger partial charge in [-0.1, -0.05) is 17.7 Å². The maximum atomic E-state index is 14.0. The van der Waals surface area contributed by atoms with Gasteiger partial charge in [-0.3, -0.25) is 0 Å². The fraction of sp³-hybridized carbons (Fsp3) is 0.231. The fourth-order valence-corrected chi connectivity index (χ4v) is 5.81. The Bertz CT molecular complexity index is 1710. The molecule has 180 valence electrons. The van der Waals surface area contributed by atoms with Crippen molar-refractivity contribution in [1.29, 1.82) is 0 Å². The van der Waals surface area contributed by atoms with Gasteiger partial charge in [-0.05, 0) is 50.1 Å². The standard InChI is InChI=1S/C26H26N4O4S/c1-15-7-9-18(10-8-15)35(31,32)30-21(11-19-17(3)16(2)13-27-25(19)30)20-14-29(4)22-12-23(33-5)26(34-6)28-24(20)22/h7-14H,1-6H3. The topological polar surface area (TPSA) is 88.2 Å². The predicted octanol–water partition coefficient (Wildman–Crippen LogP) is 4.77. The van der Waals surface area contributed by atoms with E-state index in [2.05, 4.69) is 9.97 Å². The summed E-state index contributed by atoms with van der Waals surface area (Å²) in [5, 5.41) is 0.771. The molecule has 5 rings (SSSR count). The van der Waals surface area contributed by atoms with Crippen molar-refractivity contribution in [3.63, 3.8) is 0 Å². The van der Waals surface area contributed by atoms with Gasteiger partial charge in [0.2, 0.25) is 0 Å². The van der Waals surface area contributed by atoms with Gasteiger partial charge in [-0.25, -0.2) is 22.4 Å². The number of pyridine rings is 2. The molecular formula is C26H26N4O4S. The zero-order valence-corrected chi connectivity index (χ0v) is 21.3. The van der Waals surface area contributed by atoms with E-state index in [-0.39, 0.29) is 4.90 Å². The first-order valence-corrected chi connectivity index (χ1v) is 12.5. The third-order valence-corrected chi connectivity index (χ3v) is 8.17. The molecule has 0 spiro atoms. The van der Waals surface area contributed by atoms with Crippen molar-refractivity contribution < 1.29 is 17.9 Å². The van der Waals surface area contributed by atoms with Crippen LogP contribution >= 0.6 is 0 Å². The summed E-state index contributed by atoms with van der Waals surface area (Å²) in [6.07, 6.45) is 3.58. The van der Waals surface area contributed by atoms with E-state index in [4.69, 9.17) is 9.47 Å². The molecule has 4 heterocycles. The number of benzene rings is 1. The van der Waals surface area contributed by atoms with Gasteiger partial charge < -0.3 is 14.0 Å². The molecular weight excluding hydrogens is 464 g/mol. The zero-order chi connectivity index (χ0) is 25.1. The van der Waals surface area contributed by atoms with Gasteiger partial charge in [0, 0.05) is 36.5 Å². The monoisotopic (exact) mass is 490 g/mol. The minimum absolute atomic E-state index is 0.189. The predicted molar refractivity (Wildman–Crippen MR) is 136 cm³/mol. The summed E-state index contributed by atoms with van der Waals surface area (Å²) in [6, 6.07) is 10.5. The molecule has 0 amide bonds. The van der Waals surface area contributed by atoms with Crippen molar-refractivity contribution >= 4 is 32.1 Å². The van der Waals surface area contributed by atoms with Crippen molar-refractivity contribution in [3.8, 4) is 22.9 Å². The summed E-state index contributed by atoms with van der Waals surface area (Å²) in [4.78, 5) is 9.43. The van der Waals surface area contributed by atoms with Crippen molar-refractivity contribution in [2.75, 3.05) is 14.2 Å². The van der Waals surface area contributed by atoms with Gasteiger partial charge in [-0.15, -0.1) is 0 Å². The summed E-state index contributed by atoms with van der Waals surface area (Å²) in [5.74, 6) is 0.815. The molecule has 0 bridgehead atoms. The highest BCUT2D eigenvalue weighted by Crippen LogP contribution is 2.39. The van der Waals surface area contributed by atoms with Crippen LogP contribution in [0.2, 0.25) is 0 Å². The molecule has 1 aromatic carbocycles. The molecule has 9 heteroatoms. The molecule has 0 saturated heterocycles. The second-order valence-electron chi connectivity index (χ2n) is 8.64. The van der Waals surface area contributed by atoms with E-state index >= 15 is 0 Å². The molecule has 4 aromatic heterocycles. The second kappa shape index (κ2) is 8.13. The lowest BCUT2D eigenvalue weighted by molar-refractivity contribution is 0.344. The number of hydrogen-bond donors (Lipinski definition) is 0. The van der Waals surface area contributed by atoms with Crippen LogP contribution in [0.5, 0.6) is 11.6 Å². The zero-order valence-electron chi connectivity index (χ0n) is 20.4. The van der Waals surface area contributed by atoms with Gasteiger partial charge in [0.15, 0.2) is 11.4 Å². The summed E-state index contributed by atoms with van der Waals surface area (Å²) >= 11 is 0. The lowest BCUT2D eigenvalue weighted by Gasteiger charge is -2.12.